The third-order valence-corrected chi connectivity index (χ3v) is 13.1. The molecule has 4 aliphatic rings. The summed E-state index contributed by atoms with van der Waals surface area (Å²) in [5, 5.41) is 3.15. The standard InChI is InChI=1S/C44H59F2NO6/c1-27-28-15-9-7-13-19-43(27,5)34-23-30(25-36(45)32(34)21-28)51-38(48)17-11-12-18-39(49)52-31-24-35-33(37(46)26-31)22-29-16-10-8-14-20-44(35,6)40(29)47-41(50)53-42(2,3)4/h23-29,40H,7-22H2,1-6H3,(H,47,50)/t27-,28-,29-,40-,43-,44+/m0/s1. The number of unbranched alkanes of at least 4 members (excludes halogenated alkanes) is 1. The molecule has 6 atom stereocenters. The van der Waals surface area contributed by atoms with Gasteiger partial charge in [0.05, 0.1) is 0 Å². The lowest BCUT2D eigenvalue weighted by atomic mass is 9.57. The van der Waals surface area contributed by atoms with Gasteiger partial charge in [0.15, 0.2) is 0 Å². The summed E-state index contributed by atoms with van der Waals surface area (Å²) in [6, 6.07) is 6.03. The van der Waals surface area contributed by atoms with Crippen LogP contribution < -0.4 is 14.8 Å². The number of amides is 1. The number of benzene rings is 2. The Hall–Kier alpha value is -3.49. The molecule has 6 rings (SSSR count). The van der Waals surface area contributed by atoms with Crippen molar-refractivity contribution in [1.82, 2.24) is 5.32 Å². The second-order valence-electron chi connectivity index (χ2n) is 17.9. The predicted octanol–water partition coefficient (Wildman–Crippen LogP) is 10.4. The van der Waals surface area contributed by atoms with Crippen molar-refractivity contribution in [2.45, 2.75) is 167 Å². The molecule has 4 aliphatic carbocycles. The summed E-state index contributed by atoms with van der Waals surface area (Å²) in [4.78, 5) is 38.8. The van der Waals surface area contributed by atoms with Gasteiger partial charge in [-0.25, -0.2) is 13.6 Å². The van der Waals surface area contributed by atoms with Gasteiger partial charge >= 0.3 is 18.0 Å². The zero-order valence-electron chi connectivity index (χ0n) is 32.6. The number of carbonyl (C=O) groups excluding carboxylic acids is 3. The second kappa shape index (κ2) is 15.7. The topological polar surface area (TPSA) is 90.9 Å². The van der Waals surface area contributed by atoms with Crippen molar-refractivity contribution < 1.29 is 37.4 Å². The van der Waals surface area contributed by atoms with E-state index in [-0.39, 0.29) is 47.5 Å². The fraction of sp³-hybridized carbons (Fsp3) is 0.659. The molecule has 0 unspecified atom stereocenters. The summed E-state index contributed by atoms with van der Waals surface area (Å²) < 4.78 is 48.2. The van der Waals surface area contributed by atoms with Crippen LogP contribution in [0.3, 0.4) is 0 Å². The first-order valence-electron chi connectivity index (χ1n) is 20.1. The SMILES string of the molecule is C[C@H]1[C@H]2CCCCC[C@]1(C)c1cc(OC(=O)CCCCC(=O)Oc3cc(F)c4c(c3)[C@@]3(C)CCCCC[C@@H](C4)[C@@H]3NC(=O)OC(C)(C)C)cc(F)c1C2. The molecule has 9 heteroatoms. The van der Waals surface area contributed by atoms with Crippen LogP contribution in [-0.4, -0.2) is 29.7 Å². The van der Waals surface area contributed by atoms with Gasteiger partial charge in [-0.2, -0.15) is 0 Å². The van der Waals surface area contributed by atoms with E-state index in [0.29, 0.717) is 36.7 Å². The maximum Gasteiger partial charge on any atom is 0.407 e. The minimum Gasteiger partial charge on any atom is -0.444 e. The van der Waals surface area contributed by atoms with E-state index in [0.717, 1.165) is 74.5 Å². The Labute approximate surface area is 314 Å². The lowest BCUT2D eigenvalue weighted by Gasteiger charge is -2.49. The van der Waals surface area contributed by atoms with Gasteiger partial charge in [0, 0.05) is 36.4 Å². The third-order valence-electron chi connectivity index (χ3n) is 13.1. The first kappa shape index (κ1) is 39.2. The van der Waals surface area contributed by atoms with Gasteiger partial charge < -0.3 is 19.5 Å². The molecule has 0 saturated heterocycles. The van der Waals surface area contributed by atoms with Crippen LogP contribution in [0.15, 0.2) is 24.3 Å². The molecule has 53 heavy (non-hydrogen) atoms. The zero-order chi connectivity index (χ0) is 38.1. The van der Waals surface area contributed by atoms with Gasteiger partial charge in [-0.1, -0.05) is 59.3 Å². The Morgan fingerprint density at radius 3 is 1.77 bits per heavy atom. The second-order valence-corrected chi connectivity index (χ2v) is 17.9. The minimum absolute atomic E-state index is 0.0407. The average Bonchev–Trinajstić information content (AvgIpc) is 3.06. The van der Waals surface area contributed by atoms with E-state index in [4.69, 9.17) is 14.2 Å². The van der Waals surface area contributed by atoms with Crippen molar-refractivity contribution in [1.29, 1.82) is 0 Å². The number of rotatable bonds is 8. The molecule has 2 aromatic rings. The summed E-state index contributed by atoms with van der Waals surface area (Å²) in [6.45, 7) is 12.1. The normalized spacial score (nSPS) is 28.2. The van der Waals surface area contributed by atoms with Gasteiger partial charge in [-0.15, -0.1) is 0 Å². The van der Waals surface area contributed by atoms with Crippen LogP contribution in [0.4, 0.5) is 13.6 Å². The molecular formula is C44H59F2NO6. The van der Waals surface area contributed by atoms with Crippen molar-refractivity contribution in [2.24, 2.45) is 17.8 Å². The quantitative estimate of drug-likeness (QED) is 0.165. The third kappa shape index (κ3) is 8.59. The molecule has 290 valence electrons. The van der Waals surface area contributed by atoms with E-state index in [9.17, 15) is 14.4 Å². The van der Waals surface area contributed by atoms with Gasteiger partial charge in [0.2, 0.25) is 0 Å². The number of nitrogens with one attached hydrogen (secondary N) is 1. The number of hydrogen-bond donors (Lipinski definition) is 1. The number of ether oxygens (including phenoxy) is 3. The monoisotopic (exact) mass is 735 g/mol. The van der Waals surface area contributed by atoms with Crippen LogP contribution in [0.5, 0.6) is 11.5 Å². The van der Waals surface area contributed by atoms with E-state index in [2.05, 4.69) is 26.1 Å². The van der Waals surface area contributed by atoms with Crippen molar-refractivity contribution in [3.8, 4) is 11.5 Å². The Bertz CT molecular complexity index is 1700. The number of halogens is 2. The van der Waals surface area contributed by atoms with Crippen molar-refractivity contribution >= 4 is 18.0 Å². The highest BCUT2D eigenvalue weighted by Gasteiger charge is 2.48. The number of fused-ring (bicyclic) bond motifs is 8. The van der Waals surface area contributed by atoms with Crippen LogP contribution in [0.25, 0.3) is 0 Å². The molecule has 2 saturated carbocycles. The van der Waals surface area contributed by atoms with Crippen molar-refractivity contribution in [2.75, 3.05) is 0 Å². The van der Waals surface area contributed by atoms with Crippen LogP contribution >= 0.6 is 0 Å². The molecule has 4 bridgehead atoms. The lowest BCUT2D eigenvalue weighted by molar-refractivity contribution is -0.136. The fourth-order valence-corrected chi connectivity index (χ4v) is 10.1. The van der Waals surface area contributed by atoms with E-state index >= 15 is 8.78 Å². The Morgan fingerprint density at radius 2 is 1.23 bits per heavy atom. The van der Waals surface area contributed by atoms with Gasteiger partial charge in [-0.05, 0) is 130 Å². The van der Waals surface area contributed by atoms with Crippen LogP contribution in [0.1, 0.15) is 154 Å². The molecule has 0 spiro atoms. The molecule has 1 N–H and O–H groups in total. The summed E-state index contributed by atoms with van der Waals surface area (Å²) >= 11 is 0. The average molecular weight is 736 g/mol. The largest absolute Gasteiger partial charge is 0.444 e. The van der Waals surface area contributed by atoms with E-state index < -0.39 is 34.9 Å². The van der Waals surface area contributed by atoms with E-state index in [1.54, 1.807) is 6.07 Å². The molecule has 7 nitrogen and oxygen atoms in total. The molecule has 0 heterocycles. The first-order valence-corrected chi connectivity index (χ1v) is 20.1. The zero-order valence-corrected chi connectivity index (χ0v) is 32.6. The number of alkyl carbamates (subject to hydrolysis) is 1. The predicted molar refractivity (Wildman–Crippen MR) is 200 cm³/mol. The highest BCUT2D eigenvalue weighted by molar-refractivity contribution is 5.74. The Kier molecular flexibility index (Phi) is 11.6. The smallest absolute Gasteiger partial charge is 0.407 e. The molecule has 2 fully saturated rings. The van der Waals surface area contributed by atoms with Crippen molar-refractivity contribution in [3.63, 3.8) is 0 Å². The van der Waals surface area contributed by atoms with Gasteiger partial charge in [-0.3, -0.25) is 9.59 Å². The van der Waals surface area contributed by atoms with Crippen LogP contribution in [0, 0.1) is 29.4 Å². The molecule has 1 amide bonds. The fourth-order valence-electron chi connectivity index (χ4n) is 10.1. The summed E-state index contributed by atoms with van der Waals surface area (Å²) in [7, 11) is 0. The highest BCUT2D eigenvalue weighted by Crippen LogP contribution is 2.52. The van der Waals surface area contributed by atoms with Crippen molar-refractivity contribution in [3.05, 3.63) is 58.2 Å². The number of esters is 2. The van der Waals surface area contributed by atoms with Crippen LogP contribution in [-0.2, 0) is 38.0 Å². The van der Waals surface area contributed by atoms with E-state index in [1.807, 2.05) is 26.8 Å². The summed E-state index contributed by atoms with van der Waals surface area (Å²) in [5.41, 5.74) is 1.75. The Morgan fingerprint density at radius 1 is 0.736 bits per heavy atom. The molecule has 0 aliphatic heterocycles. The first-order chi connectivity index (χ1) is 25.1. The number of carbonyl (C=O) groups is 3. The number of hydrogen-bond acceptors (Lipinski definition) is 6. The van der Waals surface area contributed by atoms with Gasteiger partial charge in [0.1, 0.15) is 28.7 Å². The lowest BCUT2D eigenvalue weighted by Crippen LogP contribution is -2.57. The maximum atomic E-state index is 15.8. The molecular weight excluding hydrogens is 676 g/mol. The summed E-state index contributed by atoms with van der Waals surface area (Å²) in [6.07, 6.45) is 11.9. The summed E-state index contributed by atoms with van der Waals surface area (Å²) in [5.74, 6) is -0.376. The van der Waals surface area contributed by atoms with E-state index in [1.165, 1.54) is 25.0 Å². The van der Waals surface area contributed by atoms with Crippen LogP contribution in [0.2, 0.25) is 0 Å². The maximum absolute atomic E-state index is 15.8. The molecule has 2 aromatic carbocycles. The highest BCUT2D eigenvalue weighted by atomic mass is 19.1. The molecule has 0 radical (unpaired) electrons. The Balaban J connectivity index is 1.06. The van der Waals surface area contributed by atoms with Gasteiger partial charge in [0.25, 0.3) is 0 Å². The molecule has 0 aromatic heterocycles. The minimum atomic E-state index is -0.649.